The van der Waals surface area contributed by atoms with Crippen LogP contribution in [0.2, 0.25) is 0 Å². The van der Waals surface area contributed by atoms with Gasteiger partial charge in [-0.3, -0.25) is 9.36 Å². The Kier molecular flexibility index (Phi) is 3.77. The van der Waals surface area contributed by atoms with Crippen molar-refractivity contribution in [2.24, 2.45) is 0 Å². The molecule has 4 N–H and O–H groups in total. The van der Waals surface area contributed by atoms with Crippen LogP contribution >= 0.6 is 12.6 Å². The largest absolute Gasteiger partial charge is 0.394 e. The molecule has 1 aliphatic rings. The maximum atomic E-state index is 12.5. The van der Waals surface area contributed by atoms with E-state index in [1.807, 2.05) is 0 Å². The Morgan fingerprint density at radius 3 is 2.95 bits per heavy atom. The van der Waals surface area contributed by atoms with Gasteiger partial charge in [-0.05, 0) is 0 Å². The molecule has 0 aliphatic carbocycles. The summed E-state index contributed by atoms with van der Waals surface area (Å²) < 4.78 is 7.09. The summed E-state index contributed by atoms with van der Waals surface area (Å²) >= 11 is 4.01. The third-order valence-electron chi connectivity index (χ3n) is 3.77. The third kappa shape index (κ3) is 2.07. The highest BCUT2D eigenvalue weighted by molar-refractivity contribution is 7.81. The first-order valence-electron chi connectivity index (χ1n) is 6.58. The fourth-order valence-electron chi connectivity index (χ4n) is 2.66. The minimum atomic E-state index is -1.52. The van der Waals surface area contributed by atoms with Crippen LogP contribution in [0.1, 0.15) is 6.42 Å². The molecule has 0 bridgehead atoms. The highest BCUT2D eigenvalue weighted by Gasteiger charge is 2.52. The zero-order chi connectivity index (χ0) is 15.9. The predicted molar refractivity (Wildman–Crippen MR) is 79.2 cm³/mol. The van der Waals surface area contributed by atoms with Gasteiger partial charge in [0.15, 0.2) is 17.2 Å². The van der Waals surface area contributed by atoms with E-state index in [4.69, 9.17) is 10.5 Å². The fraction of sp³-hybridized carbons (Fsp3) is 0.500. The van der Waals surface area contributed by atoms with Gasteiger partial charge in [0.25, 0.3) is 0 Å². The van der Waals surface area contributed by atoms with Crippen LogP contribution in [0.25, 0.3) is 11.2 Å². The van der Waals surface area contributed by atoms with Gasteiger partial charge >= 0.3 is 0 Å². The SMILES string of the molecule is Nc1ncnc2c1ncn2[C@@]1(C(=O)CS)C[C@H](O)[C@@H](CO)O1. The predicted octanol–water partition coefficient (Wildman–Crippen LogP) is -1.30. The molecule has 118 valence electrons. The summed E-state index contributed by atoms with van der Waals surface area (Å²) in [6, 6.07) is 0. The second-order valence-corrected chi connectivity index (χ2v) is 5.34. The Balaban J connectivity index is 2.18. The summed E-state index contributed by atoms with van der Waals surface area (Å²) in [6.45, 7) is -0.410. The lowest BCUT2D eigenvalue weighted by Crippen LogP contribution is -2.43. The normalized spacial score (nSPS) is 28.3. The maximum absolute atomic E-state index is 12.5. The first-order chi connectivity index (χ1) is 10.5. The number of aromatic nitrogens is 4. The van der Waals surface area contributed by atoms with Crippen molar-refractivity contribution in [1.82, 2.24) is 19.5 Å². The number of ether oxygens (including phenoxy) is 1. The molecule has 2 aromatic heterocycles. The lowest BCUT2D eigenvalue weighted by atomic mass is 10.0. The molecule has 1 fully saturated rings. The molecule has 0 unspecified atom stereocenters. The van der Waals surface area contributed by atoms with Crippen LogP contribution in [0.15, 0.2) is 12.7 Å². The molecule has 0 aromatic carbocycles. The van der Waals surface area contributed by atoms with Crippen molar-refractivity contribution in [1.29, 1.82) is 0 Å². The minimum Gasteiger partial charge on any atom is -0.394 e. The van der Waals surface area contributed by atoms with Crippen molar-refractivity contribution < 1.29 is 19.7 Å². The molecule has 3 heterocycles. The van der Waals surface area contributed by atoms with Gasteiger partial charge < -0.3 is 20.7 Å². The smallest absolute Gasteiger partial charge is 0.210 e. The maximum Gasteiger partial charge on any atom is 0.210 e. The van der Waals surface area contributed by atoms with E-state index >= 15 is 0 Å². The number of Topliss-reactive ketones (excluding diaryl/α,β-unsaturated/α-hetero) is 1. The van der Waals surface area contributed by atoms with E-state index in [-0.39, 0.29) is 23.8 Å². The summed E-state index contributed by atoms with van der Waals surface area (Å²) in [6.07, 6.45) is 0.714. The number of fused-ring (bicyclic) bond motifs is 1. The van der Waals surface area contributed by atoms with Crippen molar-refractivity contribution in [2.75, 3.05) is 18.1 Å². The van der Waals surface area contributed by atoms with E-state index in [9.17, 15) is 15.0 Å². The number of thiol groups is 1. The molecule has 0 radical (unpaired) electrons. The number of hydrogen-bond acceptors (Lipinski definition) is 9. The quantitative estimate of drug-likeness (QED) is 0.509. The molecule has 0 amide bonds. The summed E-state index contributed by atoms with van der Waals surface area (Å²) in [5.74, 6) is -0.303. The lowest BCUT2D eigenvalue weighted by Gasteiger charge is -2.28. The van der Waals surface area contributed by atoms with Gasteiger partial charge in [-0.25, -0.2) is 15.0 Å². The number of nitrogen functional groups attached to an aromatic ring is 1. The molecular weight excluding hydrogens is 310 g/mol. The second-order valence-electron chi connectivity index (χ2n) is 5.02. The second kappa shape index (κ2) is 5.47. The number of aliphatic hydroxyl groups is 2. The highest BCUT2D eigenvalue weighted by atomic mass is 32.1. The van der Waals surface area contributed by atoms with Crippen LogP contribution in [0, 0.1) is 0 Å². The Morgan fingerprint density at radius 2 is 2.32 bits per heavy atom. The topological polar surface area (TPSA) is 136 Å². The van der Waals surface area contributed by atoms with Crippen molar-refractivity contribution >= 4 is 35.4 Å². The monoisotopic (exact) mass is 325 g/mol. The number of carbonyl (C=O) groups is 1. The number of rotatable bonds is 4. The van der Waals surface area contributed by atoms with E-state index in [2.05, 4.69) is 27.6 Å². The zero-order valence-electron chi connectivity index (χ0n) is 11.5. The van der Waals surface area contributed by atoms with Gasteiger partial charge in [0.05, 0.1) is 24.8 Å². The molecule has 3 atom stereocenters. The summed E-state index contributed by atoms with van der Waals surface area (Å²) in [5.41, 5.74) is 4.87. The van der Waals surface area contributed by atoms with E-state index in [1.165, 1.54) is 17.2 Å². The Morgan fingerprint density at radius 1 is 1.55 bits per heavy atom. The Hall–Kier alpha value is -1.75. The van der Waals surface area contributed by atoms with Gasteiger partial charge in [0, 0.05) is 6.42 Å². The van der Waals surface area contributed by atoms with Crippen LogP contribution in [-0.2, 0) is 15.3 Å². The number of carbonyl (C=O) groups excluding carboxylic acids is 1. The Labute approximate surface area is 130 Å². The minimum absolute atomic E-state index is 0.0347. The van der Waals surface area contributed by atoms with Gasteiger partial charge in [0.1, 0.15) is 17.9 Å². The number of aliphatic hydroxyl groups excluding tert-OH is 2. The molecule has 22 heavy (non-hydrogen) atoms. The van der Waals surface area contributed by atoms with E-state index in [0.29, 0.717) is 11.2 Å². The number of ketones is 1. The number of nitrogens with zero attached hydrogens (tertiary/aromatic N) is 4. The first-order valence-corrected chi connectivity index (χ1v) is 7.21. The van der Waals surface area contributed by atoms with Crippen LogP contribution in [0.4, 0.5) is 5.82 Å². The van der Waals surface area contributed by atoms with Crippen LogP contribution < -0.4 is 5.73 Å². The number of nitrogens with two attached hydrogens (primary N) is 1. The molecule has 9 nitrogen and oxygen atoms in total. The average molecular weight is 325 g/mol. The van der Waals surface area contributed by atoms with Crippen LogP contribution in [-0.4, -0.2) is 60.1 Å². The van der Waals surface area contributed by atoms with Crippen LogP contribution in [0.3, 0.4) is 0 Å². The van der Waals surface area contributed by atoms with Crippen molar-refractivity contribution in [3.63, 3.8) is 0 Å². The summed E-state index contributed by atoms with van der Waals surface area (Å²) in [4.78, 5) is 24.5. The summed E-state index contributed by atoms with van der Waals surface area (Å²) in [7, 11) is 0. The molecule has 0 saturated carbocycles. The first kappa shape index (κ1) is 15.2. The standard InChI is InChI=1S/C12H15N5O4S/c13-10-9-11(15-4-14-10)17(5-16-9)12(8(20)3-22)1-6(19)7(2-18)21-12/h4-7,18-19,22H,1-3H2,(H2,13,14,15)/t6-,7+,12-/m0/s1. The zero-order valence-corrected chi connectivity index (χ0v) is 12.3. The molecule has 1 aliphatic heterocycles. The van der Waals surface area contributed by atoms with Gasteiger partial charge in [-0.1, -0.05) is 0 Å². The molecule has 1 saturated heterocycles. The van der Waals surface area contributed by atoms with E-state index in [0.717, 1.165) is 0 Å². The average Bonchev–Trinajstić information content (AvgIpc) is 3.09. The molecule has 3 rings (SSSR count). The molecule has 2 aromatic rings. The highest BCUT2D eigenvalue weighted by Crippen LogP contribution is 2.38. The van der Waals surface area contributed by atoms with Crippen molar-refractivity contribution in [2.45, 2.75) is 24.4 Å². The van der Waals surface area contributed by atoms with Crippen LogP contribution in [0.5, 0.6) is 0 Å². The molecular formula is C12H15N5O4S. The fourth-order valence-corrected chi connectivity index (χ4v) is 2.91. The van der Waals surface area contributed by atoms with Gasteiger partial charge in [-0.15, -0.1) is 0 Å². The number of hydrogen-bond donors (Lipinski definition) is 4. The van der Waals surface area contributed by atoms with Crippen molar-refractivity contribution in [3.8, 4) is 0 Å². The van der Waals surface area contributed by atoms with Gasteiger partial charge in [-0.2, -0.15) is 12.6 Å². The van der Waals surface area contributed by atoms with E-state index < -0.39 is 24.5 Å². The lowest BCUT2D eigenvalue weighted by molar-refractivity contribution is -0.157. The number of anilines is 1. The molecule has 10 heteroatoms. The number of imidazole rings is 1. The van der Waals surface area contributed by atoms with Gasteiger partial charge in [0.2, 0.25) is 5.72 Å². The van der Waals surface area contributed by atoms with Crippen molar-refractivity contribution in [3.05, 3.63) is 12.7 Å². The molecule has 0 spiro atoms. The van der Waals surface area contributed by atoms with E-state index in [1.54, 1.807) is 0 Å². The summed E-state index contributed by atoms with van der Waals surface area (Å²) in [5, 5.41) is 19.3. The Bertz CT molecular complexity index is 723. The third-order valence-corrected chi connectivity index (χ3v) is 4.06.